The van der Waals surface area contributed by atoms with E-state index in [-0.39, 0.29) is 23.9 Å². The Labute approximate surface area is 113 Å². The number of alkyl halides is 3. The summed E-state index contributed by atoms with van der Waals surface area (Å²) in [6.45, 7) is 2.01. The highest BCUT2D eigenvalue weighted by Crippen LogP contribution is 2.38. The van der Waals surface area contributed by atoms with Crippen LogP contribution in [0.3, 0.4) is 0 Å². The van der Waals surface area contributed by atoms with Crippen LogP contribution in [0.25, 0.3) is 0 Å². The van der Waals surface area contributed by atoms with E-state index in [0.29, 0.717) is 0 Å². The third-order valence-electron chi connectivity index (χ3n) is 2.52. The summed E-state index contributed by atoms with van der Waals surface area (Å²) < 4.78 is 38.3. The van der Waals surface area contributed by atoms with Crippen LogP contribution in [0.15, 0.2) is 18.2 Å². The number of nitrogens with two attached hydrogens (primary N) is 1. The monoisotopic (exact) mass is 294 g/mol. The molecular formula is C12H14ClF3N2O. The normalized spacial score (nSPS) is 13.2. The van der Waals surface area contributed by atoms with Crippen LogP contribution >= 0.6 is 11.6 Å². The Kier molecular flexibility index (Phi) is 5.20. The number of benzene rings is 1. The van der Waals surface area contributed by atoms with Gasteiger partial charge in [0.15, 0.2) is 0 Å². The number of carbonyl (C=O) groups excluding carboxylic acids is 1. The third kappa shape index (κ3) is 4.40. The van der Waals surface area contributed by atoms with Gasteiger partial charge < -0.3 is 11.1 Å². The van der Waals surface area contributed by atoms with Gasteiger partial charge in [0.25, 0.3) is 0 Å². The molecule has 0 saturated carbocycles. The van der Waals surface area contributed by atoms with E-state index in [2.05, 4.69) is 5.32 Å². The van der Waals surface area contributed by atoms with Crippen molar-refractivity contribution in [3.05, 3.63) is 28.8 Å². The Morgan fingerprint density at radius 2 is 2.11 bits per heavy atom. The molecule has 0 aromatic heterocycles. The SMILES string of the molecule is CC(CN)CC(=O)Nc1c(Cl)cccc1C(F)(F)F. The number of halogens is 4. The van der Waals surface area contributed by atoms with Crippen molar-refractivity contribution in [1.29, 1.82) is 0 Å². The summed E-state index contributed by atoms with van der Waals surface area (Å²) in [6.07, 6.45) is -4.54. The lowest BCUT2D eigenvalue weighted by Crippen LogP contribution is -2.22. The second kappa shape index (κ2) is 6.25. The molecule has 0 radical (unpaired) electrons. The molecule has 1 amide bonds. The molecular weight excluding hydrogens is 281 g/mol. The Hall–Kier alpha value is -1.27. The van der Waals surface area contributed by atoms with Gasteiger partial charge in [-0.1, -0.05) is 24.6 Å². The quantitative estimate of drug-likeness (QED) is 0.895. The molecule has 0 bridgehead atoms. The van der Waals surface area contributed by atoms with E-state index in [9.17, 15) is 18.0 Å². The maximum atomic E-state index is 12.8. The molecule has 1 atom stereocenters. The Balaban J connectivity index is 2.97. The van der Waals surface area contributed by atoms with Gasteiger partial charge in [-0.25, -0.2) is 0 Å². The summed E-state index contributed by atoms with van der Waals surface area (Å²) in [4.78, 5) is 11.6. The molecule has 3 nitrogen and oxygen atoms in total. The highest BCUT2D eigenvalue weighted by Gasteiger charge is 2.34. The van der Waals surface area contributed by atoms with E-state index < -0.39 is 23.3 Å². The fourth-order valence-corrected chi connectivity index (χ4v) is 1.70. The maximum Gasteiger partial charge on any atom is 0.418 e. The van der Waals surface area contributed by atoms with Crippen LogP contribution in [0.4, 0.5) is 18.9 Å². The van der Waals surface area contributed by atoms with Crippen molar-refractivity contribution in [3.8, 4) is 0 Å². The summed E-state index contributed by atoms with van der Waals surface area (Å²) in [6, 6.07) is 3.34. The summed E-state index contributed by atoms with van der Waals surface area (Å²) >= 11 is 5.71. The molecule has 0 saturated heterocycles. The average molecular weight is 295 g/mol. The molecule has 106 valence electrons. The van der Waals surface area contributed by atoms with E-state index in [1.807, 2.05) is 0 Å². The Morgan fingerprint density at radius 1 is 1.47 bits per heavy atom. The van der Waals surface area contributed by atoms with Crippen LogP contribution in [-0.2, 0) is 11.0 Å². The first-order chi connectivity index (χ1) is 8.75. The minimum Gasteiger partial charge on any atom is -0.330 e. The van der Waals surface area contributed by atoms with Gasteiger partial charge in [0, 0.05) is 6.42 Å². The standard InChI is InChI=1S/C12H14ClF3N2O/c1-7(6-17)5-10(19)18-11-8(12(14,15)16)3-2-4-9(11)13/h2-4,7H,5-6,17H2,1H3,(H,18,19). The van der Waals surface area contributed by atoms with Gasteiger partial charge in [-0.15, -0.1) is 0 Å². The third-order valence-corrected chi connectivity index (χ3v) is 2.83. The molecule has 0 fully saturated rings. The van der Waals surface area contributed by atoms with Crippen molar-refractivity contribution in [1.82, 2.24) is 0 Å². The molecule has 3 N–H and O–H groups in total. The zero-order valence-corrected chi connectivity index (χ0v) is 11.0. The van der Waals surface area contributed by atoms with Crippen molar-refractivity contribution in [3.63, 3.8) is 0 Å². The lowest BCUT2D eigenvalue weighted by Gasteiger charge is -2.16. The minimum absolute atomic E-state index is 0.0407. The van der Waals surface area contributed by atoms with Crippen molar-refractivity contribution in [2.24, 2.45) is 11.7 Å². The van der Waals surface area contributed by atoms with Crippen molar-refractivity contribution in [2.75, 3.05) is 11.9 Å². The summed E-state index contributed by atoms with van der Waals surface area (Å²) in [5.41, 5.74) is 3.98. The number of hydrogen-bond acceptors (Lipinski definition) is 2. The number of rotatable bonds is 4. The molecule has 0 heterocycles. The molecule has 1 aromatic carbocycles. The molecule has 7 heteroatoms. The van der Waals surface area contributed by atoms with E-state index in [1.165, 1.54) is 12.1 Å². The second-order valence-electron chi connectivity index (χ2n) is 4.25. The highest BCUT2D eigenvalue weighted by atomic mass is 35.5. The number of hydrogen-bond donors (Lipinski definition) is 2. The fraction of sp³-hybridized carbons (Fsp3) is 0.417. The van der Waals surface area contributed by atoms with E-state index in [1.54, 1.807) is 6.92 Å². The summed E-state index contributed by atoms with van der Waals surface area (Å²) in [7, 11) is 0. The predicted molar refractivity (Wildman–Crippen MR) is 67.9 cm³/mol. The lowest BCUT2D eigenvalue weighted by molar-refractivity contribution is -0.137. The molecule has 0 aliphatic carbocycles. The Bertz CT molecular complexity index is 463. The molecule has 0 aliphatic rings. The average Bonchev–Trinajstić information content (AvgIpc) is 2.30. The van der Waals surface area contributed by atoms with Crippen LogP contribution < -0.4 is 11.1 Å². The molecule has 19 heavy (non-hydrogen) atoms. The zero-order chi connectivity index (χ0) is 14.6. The molecule has 0 aliphatic heterocycles. The van der Waals surface area contributed by atoms with E-state index in [4.69, 9.17) is 17.3 Å². The van der Waals surface area contributed by atoms with Gasteiger partial charge in [-0.2, -0.15) is 13.2 Å². The van der Waals surface area contributed by atoms with Gasteiger partial charge in [-0.05, 0) is 24.6 Å². The molecule has 0 spiro atoms. The van der Waals surface area contributed by atoms with Crippen molar-refractivity contribution >= 4 is 23.2 Å². The van der Waals surface area contributed by atoms with Crippen LogP contribution in [0, 0.1) is 5.92 Å². The summed E-state index contributed by atoms with van der Waals surface area (Å²) in [5.74, 6) is -0.659. The van der Waals surface area contributed by atoms with E-state index >= 15 is 0 Å². The smallest absolute Gasteiger partial charge is 0.330 e. The van der Waals surface area contributed by atoms with Gasteiger partial charge in [-0.3, -0.25) is 4.79 Å². The zero-order valence-electron chi connectivity index (χ0n) is 10.2. The predicted octanol–water partition coefficient (Wildman–Crippen LogP) is 3.28. The number of anilines is 1. The number of para-hydroxylation sites is 1. The van der Waals surface area contributed by atoms with Crippen molar-refractivity contribution < 1.29 is 18.0 Å². The first-order valence-electron chi connectivity index (χ1n) is 5.61. The first-order valence-corrected chi connectivity index (χ1v) is 5.99. The maximum absolute atomic E-state index is 12.8. The van der Waals surface area contributed by atoms with Crippen LogP contribution in [0.5, 0.6) is 0 Å². The highest BCUT2D eigenvalue weighted by molar-refractivity contribution is 6.34. The van der Waals surface area contributed by atoms with E-state index in [0.717, 1.165) is 6.07 Å². The molecule has 1 aromatic rings. The second-order valence-corrected chi connectivity index (χ2v) is 4.66. The fourth-order valence-electron chi connectivity index (χ4n) is 1.48. The topological polar surface area (TPSA) is 55.1 Å². The Morgan fingerprint density at radius 3 is 2.63 bits per heavy atom. The molecule has 1 unspecified atom stereocenters. The van der Waals surface area contributed by atoms with Gasteiger partial charge in [0.1, 0.15) is 0 Å². The van der Waals surface area contributed by atoms with Gasteiger partial charge in [0.05, 0.1) is 16.3 Å². The van der Waals surface area contributed by atoms with Crippen LogP contribution in [-0.4, -0.2) is 12.5 Å². The minimum atomic E-state index is -4.58. The largest absolute Gasteiger partial charge is 0.418 e. The summed E-state index contributed by atoms with van der Waals surface area (Å²) in [5, 5.41) is 2.05. The first kappa shape index (κ1) is 15.8. The van der Waals surface area contributed by atoms with Crippen LogP contribution in [0.2, 0.25) is 5.02 Å². The van der Waals surface area contributed by atoms with Gasteiger partial charge in [0.2, 0.25) is 5.91 Å². The van der Waals surface area contributed by atoms with Gasteiger partial charge >= 0.3 is 6.18 Å². The molecule has 1 rings (SSSR count). The van der Waals surface area contributed by atoms with Crippen LogP contribution in [0.1, 0.15) is 18.9 Å². The number of carbonyl (C=O) groups is 1. The number of amides is 1. The lowest BCUT2D eigenvalue weighted by atomic mass is 10.1. The van der Waals surface area contributed by atoms with Crippen molar-refractivity contribution in [2.45, 2.75) is 19.5 Å². The number of nitrogens with one attached hydrogen (secondary N) is 1.